The van der Waals surface area contributed by atoms with Gasteiger partial charge in [0.15, 0.2) is 0 Å². The van der Waals surface area contributed by atoms with Crippen LogP contribution in [0.3, 0.4) is 0 Å². The molecular formula is C22H16F3NO5. The molecule has 31 heavy (non-hydrogen) atoms. The van der Waals surface area contributed by atoms with Crippen molar-refractivity contribution >= 4 is 11.7 Å². The number of methoxy groups -OCH3 is 1. The Morgan fingerprint density at radius 3 is 2.13 bits per heavy atom. The van der Waals surface area contributed by atoms with Crippen molar-refractivity contribution < 1.29 is 32.4 Å². The van der Waals surface area contributed by atoms with Gasteiger partial charge in [0, 0.05) is 12.1 Å². The fraction of sp³-hybridized carbons (Fsp3) is 0.136. The van der Waals surface area contributed by atoms with Crippen LogP contribution in [0.1, 0.15) is 33.2 Å². The van der Waals surface area contributed by atoms with E-state index < -0.39 is 28.7 Å². The average Bonchev–Trinajstić information content (AvgIpc) is 2.77. The van der Waals surface area contributed by atoms with Crippen LogP contribution in [0, 0.1) is 10.1 Å². The topological polar surface area (TPSA) is 78.7 Å². The minimum atomic E-state index is -4.49. The Balaban J connectivity index is 2.06. The highest BCUT2D eigenvalue weighted by Crippen LogP contribution is 2.35. The van der Waals surface area contributed by atoms with Gasteiger partial charge in [-0.15, -0.1) is 0 Å². The maximum absolute atomic E-state index is 12.9. The summed E-state index contributed by atoms with van der Waals surface area (Å²) in [5, 5.41) is 11.1. The van der Waals surface area contributed by atoms with Gasteiger partial charge in [-0.3, -0.25) is 10.1 Å². The zero-order valence-electron chi connectivity index (χ0n) is 16.1. The van der Waals surface area contributed by atoms with E-state index in [1.165, 1.54) is 18.2 Å². The molecule has 1 unspecified atom stereocenters. The van der Waals surface area contributed by atoms with Crippen molar-refractivity contribution in [1.29, 1.82) is 0 Å². The molecular weight excluding hydrogens is 415 g/mol. The maximum Gasteiger partial charge on any atom is 0.416 e. The SMILES string of the molecule is COC(=O)c1cc([N+](=O)[O-])ccc1OC(c1ccccc1)c1ccc(C(F)(F)F)cc1. The number of ether oxygens (including phenoxy) is 2. The summed E-state index contributed by atoms with van der Waals surface area (Å²) in [5.74, 6) is -0.857. The Morgan fingerprint density at radius 1 is 0.968 bits per heavy atom. The molecule has 0 N–H and O–H groups in total. The first-order valence-electron chi connectivity index (χ1n) is 8.96. The van der Waals surface area contributed by atoms with Gasteiger partial charge in [-0.1, -0.05) is 42.5 Å². The Morgan fingerprint density at radius 2 is 1.58 bits per heavy atom. The number of non-ortho nitro benzene ring substituents is 1. The van der Waals surface area contributed by atoms with Crippen molar-refractivity contribution in [2.75, 3.05) is 7.11 Å². The predicted molar refractivity (Wildman–Crippen MR) is 105 cm³/mol. The molecule has 0 aliphatic rings. The number of nitrogens with zero attached hydrogens (tertiary/aromatic N) is 1. The fourth-order valence-electron chi connectivity index (χ4n) is 2.93. The number of alkyl halides is 3. The van der Waals surface area contributed by atoms with E-state index in [9.17, 15) is 28.1 Å². The highest BCUT2D eigenvalue weighted by molar-refractivity contribution is 5.93. The molecule has 0 aliphatic heterocycles. The lowest BCUT2D eigenvalue weighted by Crippen LogP contribution is -2.13. The van der Waals surface area contributed by atoms with Gasteiger partial charge in [0.1, 0.15) is 17.4 Å². The van der Waals surface area contributed by atoms with Gasteiger partial charge in [0.05, 0.1) is 17.6 Å². The van der Waals surface area contributed by atoms with Crippen LogP contribution < -0.4 is 4.74 Å². The molecule has 0 saturated heterocycles. The van der Waals surface area contributed by atoms with Crippen molar-refractivity contribution in [2.45, 2.75) is 12.3 Å². The Bertz CT molecular complexity index is 1080. The molecule has 0 spiro atoms. The summed E-state index contributed by atoms with van der Waals surface area (Å²) < 4.78 is 49.5. The first-order chi connectivity index (χ1) is 14.7. The van der Waals surface area contributed by atoms with E-state index >= 15 is 0 Å². The molecule has 3 aromatic rings. The van der Waals surface area contributed by atoms with Crippen LogP contribution in [-0.4, -0.2) is 18.0 Å². The zero-order valence-corrected chi connectivity index (χ0v) is 16.1. The molecule has 9 heteroatoms. The standard InChI is InChI=1S/C22H16F3NO5/c1-30-21(27)18-13-17(26(28)29)11-12-19(18)31-20(14-5-3-2-4-6-14)15-7-9-16(10-8-15)22(23,24)25/h2-13,20H,1H3. The Labute approximate surface area is 175 Å². The van der Waals surface area contributed by atoms with Crippen molar-refractivity contribution in [2.24, 2.45) is 0 Å². The van der Waals surface area contributed by atoms with E-state index in [1.54, 1.807) is 30.3 Å². The normalized spacial score (nSPS) is 12.1. The monoisotopic (exact) mass is 431 g/mol. The highest BCUT2D eigenvalue weighted by Gasteiger charge is 2.31. The van der Waals surface area contributed by atoms with E-state index in [1.807, 2.05) is 0 Å². The summed E-state index contributed by atoms with van der Waals surface area (Å²) in [6, 6.07) is 16.5. The molecule has 0 fully saturated rings. The van der Waals surface area contributed by atoms with E-state index in [0.717, 1.165) is 31.4 Å². The molecule has 0 aliphatic carbocycles. The Hall–Kier alpha value is -3.88. The third kappa shape index (κ3) is 5.00. The van der Waals surface area contributed by atoms with E-state index in [2.05, 4.69) is 0 Å². The minimum Gasteiger partial charge on any atom is -0.480 e. The number of hydrogen-bond acceptors (Lipinski definition) is 5. The molecule has 0 aromatic heterocycles. The van der Waals surface area contributed by atoms with Crippen molar-refractivity contribution in [3.8, 4) is 5.75 Å². The van der Waals surface area contributed by atoms with Gasteiger partial charge in [-0.05, 0) is 29.3 Å². The number of carbonyl (C=O) groups is 1. The van der Waals surface area contributed by atoms with Crippen LogP contribution in [0.2, 0.25) is 0 Å². The maximum atomic E-state index is 12.9. The number of esters is 1. The largest absolute Gasteiger partial charge is 0.480 e. The molecule has 3 rings (SSSR count). The number of carbonyl (C=O) groups excluding carboxylic acids is 1. The number of nitro groups is 1. The van der Waals surface area contributed by atoms with E-state index in [4.69, 9.17) is 9.47 Å². The quantitative estimate of drug-likeness (QED) is 0.290. The molecule has 0 saturated carbocycles. The summed E-state index contributed by atoms with van der Waals surface area (Å²) in [7, 11) is 1.12. The second-order valence-electron chi connectivity index (χ2n) is 6.46. The average molecular weight is 431 g/mol. The minimum absolute atomic E-state index is 0.00815. The first kappa shape index (κ1) is 21.8. The summed E-state index contributed by atoms with van der Waals surface area (Å²) in [4.78, 5) is 22.6. The van der Waals surface area contributed by atoms with Crippen LogP contribution in [0.15, 0.2) is 72.8 Å². The van der Waals surface area contributed by atoms with Gasteiger partial charge in [0.25, 0.3) is 5.69 Å². The summed E-state index contributed by atoms with van der Waals surface area (Å²) in [6.45, 7) is 0. The number of halogens is 3. The summed E-state index contributed by atoms with van der Waals surface area (Å²) >= 11 is 0. The van der Waals surface area contributed by atoms with Crippen LogP contribution in [0.25, 0.3) is 0 Å². The third-order valence-electron chi connectivity index (χ3n) is 4.47. The predicted octanol–water partition coefficient (Wildman–Crippen LogP) is 5.57. The second kappa shape index (κ2) is 8.86. The fourth-order valence-corrected chi connectivity index (χ4v) is 2.93. The van der Waals surface area contributed by atoms with Gasteiger partial charge >= 0.3 is 12.1 Å². The van der Waals surface area contributed by atoms with Gasteiger partial charge in [-0.25, -0.2) is 4.79 Å². The van der Waals surface area contributed by atoms with Crippen LogP contribution >= 0.6 is 0 Å². The molecule has 0 radical (unpaired) electrons. The van der Waals surface area contributed by atoms with E-state index in [-0.39, 0.29) is 17.0 Å². The van der Waals surface area contributed by atoms with Gasteiger partial charge in [-0.2, -0.15) is 13.2 Å². The number of benzene rings is 3. The number of rotatable bonds is 6. The van der Waals surface area contributed by atoms with Gasteiger partial charge < -0.3 is 9.47 Å². The number of hydrogen-bond donors (Lipinski definition) is 0. The van der Waals surface area contributed by atoms with Crippen LogP contribution in [-0.2, 0) is 10.9 Å². The van der Waals surface area contributed by atoms with Gasteiger partial charge in [0.2, 0.25) is 0 Å². The highest BCUT2D eigenvalue weighted by atomic mass is 19.4. The molecule has 6 nitrogen and oxygen atoms in total. The second-order valence-corrected chi connectivity index (χ2v) is 6.46. The van der Waals surface area contributed by atoms with Crippen LogP contribution in [0.5, 0.6) is 5.75 Å². The van der Waals surface area contributed by atoms with E-state index in [0.29, 0.717) is 11.1 Å². The third-order valence-corrected chi connectivity index (χ3v) is 4.47. The Kier molecular flexibility index (Phi) is 6.24. The van der Waals surface area contributed by atoms with Crippen LogP contribution in [0.4, 0.5) is 18.9 Å². The molecule has 1 atom stereocenters. The molecule has 0 amide bonds. The lowest BCUT2D eigenvalue weighted by molar-refractivity contribution is -0.384. The molecule has 160 valence electrons. The zero-order chi connectivity index (χ0) is 22.6. The molecule has 0 heterocycles. The summed E-state index contributed by atoms with van der Waals surface area (Å²) in [6.07, 6.45) is -5.37. The first-order valence-corrected chi connectivity index (χ1v) is 8.96. The lowest BCUT2D eigenvalue weighted by atomic mass is 9.99. The van der Waals surface area contributed by atoms with Crippen molar-refractivity contribution in [3.05, 3.63) is 105 Å². The lowest BCUT2D eigenvalue weighted by Gasteiger charge is -2.22. The summed E-state index contributed by atoms with van der Waals surface area (Å²) in [5.41, 5.74) is -0.318. The van der Waals surface area contributed by atoms with Crippen molar-refractivity contribution in [3.63, 3.8) is 0 Å². The van der Waals surface area contributed by atoms with Crippen molar-refractivity contribution in [1.82, 2.24) is 0 Å². The molecule has 3 aromatic carbocycles. The smallest absolute Gasteiger partial charge is 0.416 e. The number of nitro benzene ring substituents is 1. The molecule has 0 bridgehead atoms.